The van der Waals surface area contributed by atoms with Gasteiger partial charge in [0, 0.05) is 25.2 Å². The predicted molar refractivity (Wildman–Crippen MR) is 82.6 cm³/mol. The standard InChI is InChI=1S/C15H21FN2O3S/c16-14-7-5-6-13(12-14)15(19)17-8-11-22(20,21)18-9-3-1-2-4-10-18/h5-7,12H,1-4,8-11H2,(H,17,19). The number of carbonyl (C=O) groups excluding carboxylic acids is 1. The SMILES string of the molecule is O=C(NCCS(=O)(=O)N1CCCCCC1)c1cccc(F)c1. The Balaban J connectivity index is 1.85. The quantitative estimate of drug-likeness (QED) is 0.896. The van der Waals surface area contributed by atoms with Gasteiger partial charge in [0.05, 0.1) is 5.75 Å². The molecule has 7 heteroatoms. The first-order valence-electron chi connectivity index (χ1n) is 7.51. The molecule has 1 saturated heterocycles. The normalized spacial score (nSPS) is 17.0. The lowest BCUT2D eigenvalue weighted by atomic mass is 10.2. The molecule has 1 aliphatic rings. The number of nitrogens with one attached hydrogen (secondary N) is 1. The van der Waals surface area contributed by atoms with E-state index < -0.39 is 21.7 Å². The van der Waals surface area contributed by atoms with Gasteiger partial charge in [-0.25, -0.2) is 17.1 Å². The van der Waals surface area contributed by atoms with Gasteiger partial charge in [-0.15, -0.1) is 0 Å². The van der Waals surface area contributed by atoms with Crippen LogP contribution in [0.2, 0.25) is 0 Å². The van der Waals surface area contributed by atoms with Crippen LogP contribution in [0.4, 0.5) is 4.39 Å². The van der Waals surface area contributed by atoms with Crippen LogP contribution in [0.1, 0.15) is 36.0 Å². The number of rotatable bonds is 5. The Labute approximate surface area is 130 Å². The molecule has 2 rings (SSSR count). The maximum Gasteiger partial charge on any atom is 0.251 e. The van der Waals surface area contributed by atoms with Gasteiger partial charge in [0.25, 0.3) is 5.91 Å². The van der Waals surface area contributed by atoms with Crippen LogP contribution >= 0.6 is 0 Å². The highest BCUT2D eigenvalue weighted by Crippen LogP contribution is 2.13. The molecule has 5 nitrogen and oxygen atoms in total. The summed E-state index contributed by atoms with van der Waals surface area (Å²) in [6, 6.07) is 5.30. The number of carbonyl (C=O) groups is 1. The highest BCUT2D eigenvalue weighted by atomic mass is 32.2. The van der Waals surface area contributed by atoms with Crippen LogP contribution < -0.4 is 5.32 Å². The highest BCUT2D eigenvalue weighted by molar-refractivity contribution is 7.89. The zero-order valence-corrected chi connectivity index (χ0v) is 13.2. The first-order chi connectivity index (χ1) is 10.5. The van der Waals surface area contributed by atoms with Crippen molar-refractivity contribution in [3.63, 3.8) is 0 Å². The van der Waals surface area contributed by atoms with E-state index in [1.165, 1.54) is 22.5 Å². The molecule has 0 aromatic heterocycles. The molecule has 0 atom stereocenters. The summed E-state index contributed by atoms with van der Waals surface area (Å²) < 4.78 is 39.0. The minimum absolute atomic E-state index is 0.0220. The number of hydrogen-bond acceptors (Lipinski definition) is 3. The van der Waals surface area contributed by atoms with Gasteiger partial charge in [0.2, 0.25) is 10.0 Å². The number of hydrogen-bond donors (Lipinski definition) is 1. The highest BCUT2D eigenvalue weighted by Gasteiger charge is 2.22. The lowest BCUT2D eigenvalue weighted by Crippen LogP contribution is -2.38. The van der Waals surface area contributed by atoms with Crippen LogP contribution in [0.15, 0.2) is 24.3 Å². The maximum absolute atomic E-state index is 13.0. The van der Waals surface area contributed by atoms with Crippen LogP contribution in [0, 0.1) is 5.82 Å². The summed E-state index contributed by atoms with van der Waals surface area (Å²) >= 11 is 0. The summed E-state index contributed by atoms with van der Waals surface area (Å²) in [6.07, 6.45) is 3.88. The summed E-state index contributed by atoms with van der Waals surface area (Å²) in [5.41, 5.74) is 0.187. The van der Waals surface area contributed by atoms with E-state index in [1.54, 1.807) is 0 Å². The number of benzene rings is 1. The maximum atomic E-state index is 13.0. The van der Waals surface area contributed by atoms with E-state index in [0.29, 0.717) is 13.1 Å². The van der Waals surface area contributed by atoms with Gasteiger partial charge >= 0.3 is 0 Å². The van der Waals surface area contributed by atoms with Crippen molar-refractivity contribution in [3.8, 4) is 0 Å². The largest absolute Gasteiger partial charge is 0.351 e. The molecule has 0 saturated carbocycles. The second-order valence-corrected chi connectivity index (χ2v) is 7.48. The van der Waals surface area contributed by atoms with Crippen LogP contribution in [0.3, 0.4) is 0 Å². The molecule has 0 bridgehead atoms. The van der Waals surface area contributed by atoms with Gasteiger partial charge in [-0.1, -0.05) is 18.9 Å². The first-order valence-corrected chi connectivity index (χ1v) is 9.11. The molecule has 1 fully saturated rings. The first kappa shape index (κ1) is 16.9. The minimum atomic E-state index is -3.35. The zero-order valence-electron chi connectivity index (χ0n) is 12.4. The molecule has 1 aliphatic heterocycles. The fourth-order valence-electron chi connectivity index (χ4n) is 2.47. The third-order valence-electron chi connectivity index (χ3n) is 3.69. The molecule has 122 valence electrons. The Morgan fingerprint density at radius 3 is 2.50 bits per heavy atom. The number of nitrogens with zero attached hydrogens (tertiary/aromatic N) is 1. The Morgan fingerprint density at radius 1 is 1.18 bits per heavy atom. The Bertz CT molecular complexity index is 611. The molecule has 0 aliphatic carbocycles. The van der Waals surface area contributed by atoms with E-state index in [-0.39, 0.29) is 17.9 Å². The summed E-state index contributed by atoms with van der Waals surface area (Å²) in [4.78, 5) is 11.8. The molecule has 1 N–H and O–H groups in total. The van der Waals surface area contributed by atoms with E-state index >= 15 is 0 Å². The van der Waals surface area contributed by atoms with Gasteiger partial charge in [0.15, 0.2) is 0 Å². The lowest BCUT2D eigenvalue weighted by Gasteiger charge is -2.19. The van der Waals surface area contributed by atoms with Gasteiger partial charge in [-0.2, -0.15) is 0 Å². The third-order valence-corrected chi connectivity index (χ3v) is 5.56. The van der Waals surface area contributed by atoms with Crippen molar-refractivity contribution >= 4 is 15.9 Å². The fourth-order valence-corrected chi connectivity index (χ4v) is 3.91. The van der Waals surface area contributed by atoms with Crippen molar-refractivity contribution in [2.24, 2.45) is 0 Å². The van der Waals surface area contributed by atoms with Gasteiger partial charge in [-0.05, 0) is 31.0 Å². The smallest absolute Gasteiger partial charge is 0.251 e. The van der Waals surface area contributed by atoms with Gasteiger partial charge < -0.3 is 5.32 Å². The summed E-state index contributed by atoms with van der Waals surface area (Å²) in [5, 5.41) is 2.53. The van der Waals surface area contributed by atoms with E-state index in [1.807, 2.05) is 0 Å². The molecule has 0 radical (unpaired) electrons. The molecule has 1 amide bonds. The van der Waals surface area contributed by atoms with Crippen LogP contribution in [-0.4, -0.2) is 44.0 Å². The molecular formula is C15H21FN2O3S. The molecule has 1 heterocycles. The van der Waals surface area contributed by atoms with E-state index in [9.17, 15) is 17.6 Å². The van der Waals surface area contributed by atoms with E-state index in [4.69, 9.17) is 0 Å². The number of amides is 1. The fraction of sp³-hybridized carbons (Fsp3) is 0.533. The molecule has 22 heavy (non-hydrogen) atoms. The van der Waals surface area contributed by atoms with Crippen molar-refractivity contribution in [1.82, 2.24) is 9.62 Å². The van der Waals surface area contributed by atoms with Crippen LogP contribution in [0.25, 0.3) is 0 Å². The Hall–Kier alpha value is -1.47. The van der Waals surface area contributed by atoms with Crippen molar-refractivity contribution in [3.05, 3.63) is 35.6 Å². The molecular weight excluding hydrogens is 307 g/mol. The van der Waals surface area contributed by atoms with E-state index in [2.05, 4.69) is 5.32 Å². The Kier molecular flexibility index (Phi) is 5.90. The minimum Gasteiger partial charge on any atom is -0.351 e. The van der Waals surface area contributed by atoms with Gasteiger partial charge in [-0.3, -0.25) is 4.79 Å². The second kappa shape index (κ2) is 7.69. The summed E-state index contributed by atoms with van der Waals surface area (Å²) in [5.74, 6) is -1.09. The number of halogens is 1. The average Bonchev–Trinajstić information content (AvgIpc) is 2.76. The van der Waals surface area contributed by atoms with Crippen LogP contribution in [0.5, 0.6) is 0 Å². The van der Waals surface area contributed by atoms with Crippen molar-refractivity contribution in [2.45, 2.75) is 25.7 Å². The second-order valence-electron chi connectivity index (χ2n) is 5.40. The molecule has 0 spiro atoms. The van der Waals surface area contributed by atoms with E-state index in [0.717, 1.165) is 31.7 Å². The van der Waals surface area contributed by atoms with Crippen LogP contribution in [-0.2, 0) is 10.0 Å². The van der Waals surface area contributed by atoms with Crippen molar-refractivity contribution in [2.75, 3.05) is 25.4 Å². The number of sulfonamides is 1. The lowest BCUT2D eigenvalue weighted by molar-refractivity contribution is 0.0955. The van der Waals surface area contributed by atoms with Gasteiger partial charge in [0.1, 0.15) is 5.82 Å². The summed E-state index contributed by atoms with van der Waals surface area (Å²) in [6.45, 7) is 1.13. The average molecular weight is 328 g/mol. The topological polar surface area (TPSA) is 66.5 Å². The Morgan fingerprint density at radius 2 is 1.86 bits per heavy atom. The monoisotopic (exact) mass is 328 g/mol. The molecule has 0 unspecified atom stereocenters. The van der Waals surface area contributed by atoms with Crippen molar-refractivity contribution in [1.29, 1.82) is 0 Å². The zero-order chi connectivity index (χ0) is 16.0. The third kappa shape index (κ3) is 4.78. The predicted octanol–water partition coefficient (Wildman–Crippen LogP) is 1.76. The molecule has 1 aromatic rings. The summed E-state index contributed by atoms with van der Waals surface area (Å²) in [7, 11) is -3.35. The van der Waals surface area contributed by atoms with Crippen molar-refractivity contribution < 1.29 is 17.6 Å². The molecule has 1 aromatic carbocycles.